The van der Waals surface area contributed by atoms with Crippen LogP contribution < -0.4 is 14.5 Å². The van der Waals surface area contributed by atoms with Gasteiger partial charge in [0.1, 0.15) is 5.82 Å². The number of fused-ring (bicyclic) bond motifs is 10. The van der Waals surface area contributed by atoms with Gasteiger partial charge in [-0.2, -0.15) is 12.1 Å². The summed E-state index contributed by atoms with van der Waals surface area (Å²) >= 11 is 3.65. The van der Waals surface area contributed by atoms with Gasteiger partial charge in [-0.25, -0.2) is 4.98 Å². The molecule has 11 rings (SSSR count). The maximum atomic E-state index is 6.75. The van der Waals surface area contributed by atoms with Gasteiger partial charge in [-0.1, -0.05) is 102 Å². The molecule has 0 saturated carbocycles. The summed E-state index contributed by atoms with van der Waals surface area (Å²) in [4.78, 5) is 9.65. The van der Waals surface area contributed by atoms with E-state index in [9.17, 15) is 0 Å². The van der Waals surface area contributed by atoms with Crippen molar-refractivity contribution in [1.29, 1.82) is 0 Å². The van der Waals surface area contributed by atoms with Gasteiger partial charge < -0.3 is 19.1 Å². The Morgan fingerprint density at radius 1 is 0.597 bits per heavy atom. The molecule has 0 atom stereocenters. The van der Waals surface area contributed by atoms with Gasteiger partial charge in [0.15, 0.2) is 0 Å². The van der Waals surface area contributed by atoms with Crippen molar-refractivity contribution in [2.24, 2.45) is 0 Å². The van der Waals surface area contributed by atoms with E-state index >= 15 is 0 Å². The summed E-state index contributed by atoms with van der Waals surface area (Å²) in [7, 11) is 0. The van der Waals surface area contributed by atoms with Crippen LogP contribution in [0.2, 0.25) is 0 Å². The first-order valence-electron chi connectivity index (χ1n) is 20.9. The molecule has 312 valence electrons. The van der Waals surface area contributed by atoms with Crippen molar-refractivity contribution in [2.45, 2.75) is 66.2 Å². The summed E-state index contributed by atoms with van der Waals surface area (Å²) in [6.07, 6.45) is 1.93. The van der Waals surface area contributed by atoms with Gasteiger partial charge in [0.2, 0.25) is 0 Å². The third-order valence-corrected chi connectivity index (χ3v) is 14.4. The second-order valence-electron chi connectivity index (χ2n) is 18.3. The number of rotatable bonds is 5. The average Bonchev–Trinajstić information content (AvgIpc) is 3.98. The summed E-state index contributed by atoms with van der Waals surface area (Å²) in [5.41, 5.74) is 10.4. The monoisotopic (exact) mass is 1020 g/mol. The Bertz CT molecular complexity index is 3380. The van der Waals surface area contributed by atoms with E-state index in [-0.39, 0.29) is 31.9 Å². The molecule has 1 aliphatic heterocycles. The molecule has 0 fully saturated rings. The van der Waals surface area contributed by atoms with Crippen LogP contribution in [0.5, 0.6) is 11.5 Å². The predicted molar refractivity (Wildman–Crippen MR) is 259 cm³/mol. The van der Waals surface area contributed by atoms with Crippen LogP contribution in [-0.2, 0) is 31.9 Å². The smallest absolute Gasteiger partial charge is 0.135 e. The zero-order chi connectivity index (χ0) is 41.9. The molecular formula is C54H45N4OPtS2-3. The molecular weight excluding hydrogens is 980 g/mol. The number of aryl methyl sites for hydroxylation is 2. The molecule has 8 heteroatoms. The fourth-order valence-electron chi connectivity index (χ4n) is 9.02. The molecule has 62 heavy (non-hydrogen) atoms. The van der Waals surface area contributed by atoms with Crippen LogP contribution >= 0.6 is 22.7 Å². The molecule has 0 bridgehead atoms. The molecule has 1 aliphatic rings. The number of nitrogens with zero attached hydrogens (tertiary/aromatic N) is 4. The van der Waals surface area contributed by atoms with E-state index < -0.39 is 0 Å². The molecule has 6 aromatic carbocycles. The SMILES string of the molecule is Cc1cc(C(C)(C)C)cc(C)c1N1[CH-]N(c2[c-]c(Oc3[c-]c4c(cc3)c3ccc5sc6ccccc6c5c3n4-c3cc(C(C)(C)C)ccn3)ccc2)c2c1sc1ccccc21.[Pt]. The summed E-state index contributed by atoms with van der Waals surface area (Å²) < 4.78 is 12.8. The van der Waals surface area contributed by atoms with Crippen LogP contribution in [0, 0.1) is 32.6 Å². The molecule has 0 spiro atoms. The standard InChI is InChI=1S/C54H45N4OS2.Pt/c1-32-26-35(54(6,7)8)27-33(2)49(32)57-31-56(51-42-17-10-12-19-45(42)61-52(51)57)36-14-13-15-37(29-36)59-38-20-21-39-40-22-23-46-48(41-16-9-11-18-44(41)60-46)50(40)58(43(39)30-38)47-28-34(24-25-55-47)53(3,4)5;/h9-28,31H,1-8H3;/q-3;. The number of benzene rings is 6. The number of pyridine rings is 1. The van der Waals surface area contributed by atoms with Gasteiger partial charge in [-0.15, -0.1) is 70.7 Å². The maximum absolute atomic E-state index is 6.75. The maximum Gasteiger partial charge on any atom is 0.135 e. The second kappa shape index (κ2) is 14.8. The zero-order valence-electron chi connectivity index (χ0n) is 36.0. The Kier molecular flexibility index (Phi) is 9.71. The Morgan fingerprint density at radius 2 is 1.27 bits per heavy atom. The topological polar surface area (TPSA) is 33.5 Å². The molecule has 4 aromatic heterocycles. The molecule has 5 nitrogen and oxygen atoms in total. The number of anilines is 4. The van der Waals surface area contributed by atoms with E-state index in [1.165, 1.54) is 63.2 Å². The van der Waals surface area contributed by atoms with Crippen LogP contribution in [0.3, 0.4) is 0 Å². The molecule has 0 radical (unpaired) electrons. The average molecular weight is 1030 g/mol. The number of thiophene rings is 2. The van der Waals surface area contributed by atoms with Gasteiger partial charge in [0.05, 0.1) is 16.2 Å². The van der Waals surface area contributed by atoms with Crippen molar-refractivity contribution in [3.63, 3.8) is 0 Å². The molecule has 0 aliphatic carbocycles. The summed E-state index contributed by atoms with van der Waals surface area (Å²) in [5, 5.41) is 7.16. The van der Waals surface area contributed by atoms with Gasteiger partial charge in [0.25, 0.3) is 0 Å². The third-order valence-electron chi connectivity index (χ3n) is 12.1. The summed E-state index contributed by atoms with van der Waals surface area (Å²) in [6.45, 7) is 20.3. The van der Waals surface area contributed by atoms with Crippen molar-refractivity contribution in [1.82, 2.24) is 9.55 Å². The van der Waals surface area contributed by atoms with Gasteiger partial charge >= 0.3 is 0 Å². The van der Waals surface area contributed by atoms with Crippen LogP contribution in [0.1, 0.15) is 63.8 Å². The van der Waals surface area contributed by atoms with Crippen molar-refractivity contribution in [2.75, 3.05) is 9.80 Å². The first kappa shape index (κ1) is 40.6. The first-order chi connectivity index (χ1) is 29.3. The Balaban J connectivity index is 0.00000458. The zero-order valence-corrected chi connectivity index (χ0v) is 39.9. The fourth-order valence-corrected chi connectivity index (χ4v) is 11.3. The van der Waals surface area contributed by atoms with Crippen LogP contribution in [0.25, 0.3) is 57.9 Å². The fraction of sp³-hybridized carbons (Fsp3) is 0.185. The number of aromatic nitrogens is 2. The van der Waals surface area contributed by atoms with Gasteiger partial charge in [-0.05, 0) is 82.6 Å². The molecule has 0 unspecified atom stereocenters. The minimum atomic E-state index is -0.0475. The van der Waals surface area contributed by atoms with Crippen molar-refractivity contribution in [3.8, 4) is 17.3 Å². The summed E-state index contributed by atoms with van der Waals surface area (Å²) in [5.74, 6) is 2.09. The third kappa shape index (κ3) is 6.55. The van der Waals surface area contributed by atoms with E-state index in [0.29, 0.717) is 11.5 Å². The van der Waals surface area contributed by atoms with E-state index in [4.69, 9.17) is 9.72 Å². The quantitative estimate of drug-likeness (QED) is 0.161. The minimum absolute atomic E-state index is 0. The molecule has 0 N–H and O–H groups in total. The molecule has 10 aromatic rings. The number of hydrogen-bond acceptors (Lipinski definition) is 6. The van der Waals surface area contributed by atoms with E-state index in [1.54, 1.807) is 0 Å². The van der Waals surface area contributed by atoms with Gasteiger partial charge in [-0.3, -0.25) is 0 Å². The second-order valence-corrected chi connectivity index (χ2v) is 20.4. The van der Waals surface area contributed by atoms with Crippen LogP contribution in [0.15, 0.2) is 121 Å². The van der Waals surface area contributed by atoms with Crippen LogP contribution in [-0.4, -0.2) is 9.55 Å². The Labute approximate surface area is 385 Å². The predicted octanol–water partition coefficient (Wildman–Crippen LogP) is 15.8. The molecule has 5 heterocycles. The van der Waals surface area contributed by atoms with Crippen molar-refractivity contribution < 1.29 is 25.8 Å². The number of ether oxygens (including phenoxy) is 1. The van der Waals surface area contributed by atoms with Crippen molar-refractivity contribution in [3.05, 3.63) is 163 Å². The van der Waals surface area contributed by atoms with E-state index in [1.807, 2.05) is 41.0 Å². The normalized spacial score (nSPS) is 13.2. The Hall–Kier alpha value is -5.46. The minimum Gasteiger partial charge on any atom is -0.509 e. The molecule has 0 amide bonds. The van der Waals surface area contributed by atoms with E-state index in [2.05, 4.69) is 192 Å². The Morgan fingerprint density at radius 3 is 2.02 bits per heavy atom. The summed E-state index contributed by atoms with van der Waals surface area (Å²) in [6, 6.07) is 48.7. The molecule has 0 saturated heterocycles. The number of hydrogen-bond donors (Lipinski definition) is 0. The van der Waals surface area contributed by atoms with Crippen molar-refractivity contribution >= 4 is 96.8 Å². The first-order valence-corrected chi connectivity index (χ1v) is 22.5. The largest absolute Gasteiger partial charge is 0.509 e. The van der Waals surface area contributed by atoms with Crippen LogP contribution in [0.4, 0.5) is 22.1 Å². The van der Waals surface area contributed by atoms with Gasteiger partial charge in [0, 0.05) is 74.7 Å². The van der Waals surface area contributed by atoms with E-state index in [0.717, 1.165) is 39.0 Å².